The van der Waals surface area contributed by atoms with Crippen molar-refractivity contribution in [2.45, 2.75) is 38.8 Å². The molecule has 1 fully saturated rings. The third kappa shape index (κ3) is 3.44. The van der Waals surface area contributed by atoms with Crippen LogP contribution in [0.3, 0.4) is 0 Å². The molecule has 1 aliphatic rings. The zero-order valence-electron chi connectivity index (χ0n) is 9.98. The zero-order valence-corrected chi connectivity index (χ0v) is 10.8. The number of carbonyl (C=O) groups excluding carboxylic acids is 1. The predicted octanol–water partition coefficient (Wildman–Crippen LogP) is 1.41. The van der Waals surface area contributed by atoms with Crippen LogP contribution in [0.25, 0.3) is 0 Å². The Morgan fingerprint density at radius 3 is 3.12 bits per heavy atom. The lowest BCUT2D eigenvalue weighted by molar-refractivity contribution is -0.118. The van der Waals surface area contributed by atoms with Crippen molar-refractivity contribution in [2.75, 3.05) is 11.9 Å². The number of piperidine rings is 1. The molecule has 0 aliphatic carbocycles. The lowest BCUT2D eigenvalue weighted by atomic mass is 10.0. The first-order valence-corrected chi connectivity index (χ1v) is 5.87. The first-order valence-electron chi connectivity index (χ1n) is 5.87. The summed E-state index contributed by atoms with van der Waals surface area (Å²) in [5, 5.41) is 10.3. The molecule has 0 aromatic carbocycles. The number of aryl methyl sites for hydroxylation is 1. The third-order valence-electron chi connectivity index (χ3n) is 2.89. The number of amides is 1. The van der Waals surface area contributed by atoms with Gasteiger partial charge in [-0.1, -0.05) is 6.42 Å². The van der Waals surface area contributed by atoms with E-state index in [9.17, 15) is 4.79 Å². The summed E-state index contributed by atoms with van der Waals surface area (Å²) in [5.41, 5.74) is 0. The van der Waals surface area contributed by atoms with E-state index in [0.29, 0.717) is 0 Å². The monoisotopic (exact) mass is 258 g/mol. The molecule has 2 rings (SSSR count). The van der Waals surface area contributed by atoms with Crippen LogP contribution in [0.5, 0.6) is 0 Å². The summed E-state index contributed by atoms with van der Waals surface area (Å²) >= 11 is 0. The Kier molecular flexibility index (Phi) is 5.44. The number of halogens is 1. The van der Waals surface area contributed by atoms with Crippen LogP contribution in [0.2, 0.25) is 0 Å². The largest absolute Gasteiger partial charge is 0.310 e. The molecule has 5 nitrogen and oxygen atoms in total. The molecular formula is C11H19ClN4O. The molecule has 1 amide bonds. The van der Waals surface area contributed by atoms with Gasteiger partial charge in [0.15, 0.2) is 0 Å². The van der Waals surface area contributed by atoms with Gasteiger partial charge in [-0.3, -0.25) is 4.79 Å². The minimum absolute atomic E-state index is 0. The van der Waals surface area contributed by atoms with Crippen molar-refractivity contribution >= 4 is 24.1 Å². The fourth-order valence-electron chi connectivity index (χ4n) is 1.98. The summed E-state index contributed by atoms with van der Waals surface area (Å²) in [5.74, 6) is 0.828. The Morgan fingerprint density at radius 2 is 2.47 bits per heavy atom. The van der Waals surface area contributed by atoms with Crippen LogP contribution in [-0.4, -0.2) is 28.3 Å². The average molecular weight is 259 g/mol. The molecule has 1 aliphatic heterocycles. The van der Waals surface area contributed by atoms with Crippen LogP contribution in [-0.2, 0) is 11.3 Å². The van der Waals surface area contributed by atoms with Crippen LogP contribution in [0.15, 0.2) is 12.3 Å². The maximum atomic E-state index is 11.9. The molecule has 1 aromatic rings. The summed E-state index contributed by atoms with van der Waals surface area (Å²) < 4.78 is 1.78. The Bertz CT molecular complexity index is 360. The molecule has 0 radical (unpaired) electrons. The molecule has 6 heteroatoms. The van der Waals surface area contributed by atoms with E-state index in [-0.39, 0.29) is 24.4 Å². The Balaban J connectivity index is 0.00000144. The number of anilines is 1. The van der Waals surface area contributed by atoms with Gasteiger partial charge in [-0.05, 0) is 26.3 Å². The van der Waals surface area contributed by atoms with Gasteiger partial charge in [0.2, 0.25) is 5.91 Å². The lowest BCUT2D eigenvalue weighted by Gasteiger charge is -2.22. The fraction of sp³-hybridized carbons (Fsp3) is 0.636. The van der Waals surface area contributed by atoms with Crippen molar-refractivity contribution in [3.05, 3.63) is 12.3 Å². The summed E-state index contributed by atoms with van der Waals surface area (Å²) in [6.07, 6.45) is 4.91. The highest BCUT2D eigenvalue weighted by Crippen LogP contribution is 2.11. The average Bonchev–Trinajstić information content (AvgIpc) is 2.77. The van der Waals surface area contributed by atoms with Crippen molar-refractivity contribution in [2.24, 2.45) is 0 Å². The number of hydrogen-bond acceptors (Lipinski definition) is 3. The van der Waals surface area contributed by atoms with Gasteiger partial charge >= 0.3 is 0 Å². The van der Waals surface area contributed by atoms with E-state index in [4.69, 9.17) is 0 Å². The van der Waals surface area contributed by atoms with Crippen LogP contribution in [0.1, 0.15) is 26.2 Å². The van der Waals surface area contributed by atoms with E-state index in [0.717, 1.165) is 38.2 Å². The van der Waals surface area contributed by atoms with Crippen molar-refractivity contribution in [3.8, 4) is 0 Å². The molecule has 17 heavy (non-hydrogen) atoms. The highest BCUT2D eigenvalue weighted by Gasteiger charge is 2.21. The van der Waals surface area contributed by atoms with Gasteiger partial charge in [0, 0.05) is 12.6 Å². The highest BCUT2D eigenvalue weighted by atomic mass is 35.5. The van der Waals surface area contributed by atoms with Gasteiger partial charge in [-0.25, -0.2) is 4.68 Å². The minimum Gasteiger partial charge on any atom is -0.310 e. The molecular weight excluding hydrogens is 240 g/mol. The van der Waals surface area contributed by atoms with Crippen LogP contribution >= 0.6 is 12.4 Å². The summed E-state index contributed by atoms with van der Waals surface area (Å²) in [6.45, 7) is 3.70. The smallest absolute Gasteiger partial charge is 0.242 e. The SMILES string of the molecule is CCn1nccc1NC(=O)C1CCCCN1.Cl. The highest BCUT2D eigenvalue weighted by molar-refractivity contribution is 5.94. The summed E-state index contributed by atoms with van der Waals surface area (Å²) in [4.78, 5) is 11.9. The molecule has 1 atom stereocenters. The quantitative estimate of drug-likeness (QED) is 0.862. The van der Waals surface area contributed by atoms with E-state index >= 15 is 0 Å². The van der Waals surface area contributed by atoms with Crippen molar-refractivity contribution < 1.29 is 4.79 Å². The lowest BCUT2D eigenvalue weighted by Crippen LogP contribution is -2.43. The summed E-state index contributed by atoms with van der Waals surface area (Å²) in [6, 6.07) is 1.78. The molecule has 2 N–H and O–H groups in total. The van der Waals surface area contributed by atoms with Crippen molar-refractivity contribution in [1.29, 1.82) is 0 Å². The number of hydrogen-bond donors (Lipinski definition) is 2. The van der Waals surface area contributed by atoms with Gasteiger partial charge in [0.05, 0.1) is 12.2 Å². The standard InChI is InChI=1S/C11H18N4O.ClH/c1-2-15-10(6-8-13-15)14-11(16)9-5-3-4-7-12-9;/h6,8-9,12H,2-5,7H2,1H3,(H,14,16);1H. The maximum Gasteiger partial charge on any atom is 0.242 e. The van der Waals surface area contributed by atoms with Gasteiger partial charge in [-0.2, -0.15) is 5.10 Å². The molecule has 1 aromatic heterocycles. The zero-order chi connectivity index (χ0) is 11.4. The first kappa shape index (κ1) is 14.0. The van der Waals surface area contributed by atoms with Gasteiger partial charge in [0.25, 0.3) is 0 Å². The molecule has 0 bridgehead atoms. The second-order valence-corrected chi connectivity index (χ2v) is 4.02. The molecule has 0 spiro atoms. The second-order valence-electron chi connectivity index (χ2n) is 4.02. The molecule has 1 unspecified atom stereocenters. The van der Waals surface area contributed by atoms with Gasteiger partial charge in [-0.15, -0.1) is 12.4 Å². The van der Waals surface area contributed by atoms with E-state index in [1.165, 1.54) is 0 Å². The van der Waals surface area contributed by atoms with Crippen LogP contribution < -0.4 is 10.6 Å². The van der Waals surface area contributed by atoms with Crippen LogP contribution in [0, 0.1) is 0 Å². The number of aromatic nitrogens is 2. The van der Waals surface area contributed by atoms with Gasteiger partial charge in [0.1, 0.15) is 5.82 Å². The van der Waals surface area contributed by atoms with E-state index in [2.05, 4.69) is 15.7 Å². The fourth-order valence-corrected chi connectivity index (χ4v) is 1.98. The topological polar surface area (TPSA) is 59.0 Å². The van der Waals surface area contributed by atoms with Crippen LogP contribution in [0.4, 0.5) is 5.82 Å². The van der Waals surface area contributed by atoms with Crippen molar-refractivity contribution in [3.63, 3.8) is 0 Å². The minimum atomic E-state index is -0.0473. The van der Waals surface area contributed by atoms with Crippen molar-refractivity contribution in [1.82, 2.24) is 15.1 Å². The number of rotatable bonds is 3. The Labute approximate surface area is 107 Å². The number of nitrogens with zero attached hydrogens (tertiary/aromatic N) is 2. The summed E-state index contributed by atoms with van der Waals surface area (Å²) in [7, 11) is 0. The first-order chi connectivity index (χ1) is 7.81. The normalized spacial score (nSPS) is 19.5. The second kappa shape index (κ2) is 6.61. The molecule has 96 valence electrons. The number of nitrogens with one attached hydrogen (secondary N) is 2. The third-order valence-corrected chi connectivity index (χ3v) is 2.89. The molecule has 2 heterocycles. The van der Waals surface area contributed by atoms with E-state index in [1.807, 2.05) is 13.0 Å². The van der Waals surface area contributed by atoms with E-state index in [1.54, 1.807) is 10.9 Å². The predicted molar refractivity (Wildman–Crippen MR) is 69.4 cm³/mol. The Morgan fingerprint density at radius 1 is 1.65 bits per heavy atom. The Hall–Kier alpha value is -1.07. The maximum absolute atomic E-state index is 11.9. The molecule has 1 saturated heterocycles. The van der Waals surface area contributed by atoms with E-state index < -0.39 is 0 Å². The van der Waals surface area contributed by atoms with Gasteiger partial charge < -0.3 is 10.6 Å². The number of carbonyl (C=O) groups is 1. The molecule has 0 saturated carbocycles.